The van der Waals surface area contributed by atoms with Crippen LogP contribution in [0.15, 0.2) is 28.7 Å². The molecule has 1 amide bonds. The van der Waals surface area contributed by atoms with Gasteiger partial charge in [-0.05, 0) is 17.3 Å². The Balaban J connectivity index is 1.92. The summed E-state index contributed by atoms with van der Waals surface area (Å²) >= 11 is 0. The first-order chi connectivity index (χ1) is 9.74. The summed E-state index contributed by atoms with van der Waals surface area (Å²) in [5, 5.41) is 23.1. The molecule has 2 heterocycles. The van der Waals surface area contributed by atoms with Crippen molar-refractivity contribution in [3.05, 3.63) is 36.0 Å². The van der Waals surface area contributed by atoms with Crippen molar-refractivity contribution >= 4 is 11.6 Å². The zero-order chi connectivity index (χ0) is 13.9. The maximum absolute atomic E-state index is 11.9. The first kappa shape index (κ1) is 12.0. The number of carbonyl (C=O) groups excluding carboxylic acids is 1. The number of para-hydroxylation sites is 1. The van der Waals surface area contributed by atoms with Crippen LogP contribution < -0.4 is 5.32 Å². The minimum Gasteiger partial charge on any atom is -0.421 e. The van der Waals surface area contributed by atoms with Gasteiger partial charge in [0.25, 0.3) is 11.7 Å². The maximum atomic E-state index is 11.9. The van der Waals surface area contributed by atoms with Gasteiger partial charge in [-0.1, -0.05) is 12.1 Å². The zero-order valence-electron chi connectivity index (χ0n) is 10.4. The van der Waals surface area contributed by atoms with Crippen LogP contribution in [0.3, 0.4) is 0 Å². The fourth-order valence-electron chi connectivity index (χ4n) is 1.62. The summed E-state index contributed by atoms with van der Waals surface area (Å²) < 4.78 is 5.36. The van der Waals surface area contributed by atoms with E-state index < -0.39 is 5.91 Å². The monoisotopic (exact) mass is 271 g/mol. The zero-order valence-corrected chi connectivity index (χ0v) is 10.4. The number of hydrogen-bond acceptors (Lipinski definition) is 7. The van der Waals surface area contributed by atoms with Gasteiger partial charge in [0.2, 0.25) is 11.8 Å². The topological polar surface area (TPSA) is 122 Å². The first-order valence-electron chi connectivity index (χ1n) is 5.68. The lowest BCUT2D eigenvalue weighted by Crippen LogP contribution is -2.14. The Morgan fingerprint density at radius 3 is 2.80 bits per heavy atom. The second-order valence-corrected chi connectivity index (χ2v) is 3.86. The second-order valence-electron chi connectivity index (χ2n) is 3.86. The number of aromatic nitrogens is 6. The molecule has 100 valence electrons. The third-order valence-electron chi connectivity index (χ3n) is 2.48. The van der Waals surface area contributed by atoms with Crippen LogP contribution in [-0.2, 0) is 0 Å². The van der Waals surface area contributed by atoms with Gasteiger partial charge in [-0.15, -0.1) is 20.4 Å². The van der Waals surface area contributed by atoms with Gasteiger partial charge >= 0.3 is 0 Å². The Morgan fingerprint density at radius 1 is 1.25 bits per heavy atom. The van der Waals surface area contributed by atoms with Crippen molar-refractivity contribution in [2.24, 2.45) is 0 Å². The van der Waals surface area contributed by atoms with Crippen molar-refractivity contribution in [1.82, 2.24) is 30.8 Å². The highest BCUT2D eigenvalue weighted by Crippen LogP contribution is 2.26. The summed E-state index contributed by atoms with van der Waals surface area (Å²) in [5.74, 6) is 0.231. The largest absolute Gasteiger partial charge is 0.421 e. The summed E-state index contributed by atoms with van der Waals surface area (Å²) in [6.45, 7) is 1.69. The first-order valence-corrected chi connectivity index (χ1v) is 5.68. The van der Waals surface area contributed by atoms with Gasteiger partial charge in [0.15, 0.2) is 0 Å². The highest BCUT2D eigenvalue weighted by molar-refractivity contribution is 6.03. The summed E-state index contributed by atoms with van der Waals surface area (Å²) in [4.78, 5) is 11.9. The molecule has 0 spiro atoms. The minimum atomic E-state index is -0.484. The van der Waals surface area contributed by atoms with E-state index >= 15 is 0 Å². The number of aryl methyl sites for hydroxylation is 1. The molecule has 2 aromatic heterocycles. The van der Waals surface area contributed by atoms with Gasteiger partial charge in [-0.2, -0.15) is 5.21 Å². The highest BCUT2D eigenvalue weighted by Gasteiger charge is 2.16. The number of carbonyl (C=O) groups is 1. The molecule has 0 saturated carbocycles. The normalized spacial score (nSPS) is 10.4. The van der Waals surface area contributed by atoms with Crippen LogP contribution in [0.25, 0.3) is 11.5 Å². The average molecular weight is 271 g/mol. The Kier molecular flexibility index (Phi) is 2.92. The van der Waals surface area contributed by atoms with Gasteiger partial charge in [0, 0.05) is 6.92 Å². The fourth-order valence-corrected chi connectivity index (χ4v) is 1.62. The van der Waals surface area contributed by atoms with Gasteiger partial charge < -0.3 is 9.73 Å². The molecule has 2 N–H and O–H groups in total. The molecule has 0 aliphatic heterocycles. The average Bonchev–Trinajstić information content (AvgIpc) is 3.10. The Hall–Kier alpha value is -3.10. The molecule has 0 fully saturated rings. The Labute approximate surface area is 112 Å². The molecular weight excluding hydrogens is 262 g/mol. The molecule has 0 aliphatic rings. The summed E-state index contributed by atoms with van der Waals surface area (Å²) in [6.07, 6.45) is 0. The van der Waals surface area contributed by atoms with E-state index in [4.69, 9.17) is 4.42 Å². The molecule has 0 bridgehead atoms. The molecule has 0 unspecified atom stereocenters. The van der Waals surface area contributed by atoms with Crippen molar-refractivity contribution < 1.29 is 9.21 Å². The van der Waals surface area contributed by atoms with E-state index in [-0.39, 0.29) is 5.82 Å². The molecule has 0 atom stereocenters. The van der Waals surface area contributed by atoms with Crippen molar-refractivity contribution in [3.8, 4) is 11.5 Å². The van der Waals surface area contributed by atoms with E-state index in [1.54, 1.807) is 31.2 Å². The van der Waals surface area contributed by atoms with Crippen LogP contribution in [-0.4, -0.2) is 36.7 Å². The molecule has 0 saturated heterocycles. The summed E-state index contributed by atoms with van der Waals surface area (Å²) in [6, 6.07) is 7.06. The minimum absolute atomic E-state index is 0.0542. The molecule has 3 aromatic rings. The van der Waals surface area contributed by atoms with E-state index in [1.807, 2.05) is 0 Å². The number of tetrazole rings is 1. The number of aromatic amines is 1. The van der Waals surface area contributed by atoms with E-state index in [2.05, 4.69) is 36.1 Å². The smallest absolute Gasteiger partial charge is 0.297 e. The predicted octanol–water partition coefficient (Wildman–Crippen LogP) is 0.810. The van der Waals surface area contributed by atoms with E-state index in [0.29, 0.717) is 23.0 Å². The van der Waals surface area contributed by atoms with Crippen LogP contribution in [0, 0.1) is 6.92 Å². The Bertz CT molecular complexity index is 735. The van der Waals surface area contributed by atoms with Crippen LogP contribution in [0.4, 0.5) is 5.69 Å². The van der Waals surface area contributed by atoms with E-state index in [0.717, 1.165) is 0 Å². The lowest BCUT2D eigenvalue weighted by atomic mass is 10.1. The van der Waals surface area contributed by atoms with E-state index in [9.17, 15) is 4.79 Å². The van der Waals surface area contributed by atoms with E-state index in [1.165, 1.54) is 0 Å². The van der Waals surface area contributed by atoms with Crippen molar-refractivity contribution in [3.63, 3.8) is 0 Å². The number of rotatable bonds is 3. The van der Waals surface area contributed by atoms with Crippen LogP contribution >= 0.6 is 0 Å². The van der Waals surface area contributed by atoms with Crippen LogP contribution in [0.1, 0.15) is 16.5 Å². The molecule has 0 radical (unpaired) electrons. The lowest BCUT2D eigenvalue weighted by Gasteiger charge is -2.06. The van der Waals surface area contributed by atoms with Crippen molar-refractivity contribution in [1.29, 1.82) is 0 Å². The maximum Gasteiger partial charge on any atom is 0.297 e. The summed E-state index contributed by atoms with van der Waals surface area (Å²) in [5.41, 5.74) is 1.14. The quantitative estimate of drug-likeness (QED) is 0.722. The van der Waals surface area contributed by atoms with Crippen LogP contribution in [0.2, 0.25) is 0 Å². The molecule has 9 heteroatoms. The second kappa shape index (κ2) is 4.88. The third-order valence-corrected chi connectivity index (χ3v) is 2.48. The molecule has 9 nitrogen and oxygen atoms in total. The Morgan fingerprint density at radius 2 is 2.10 bits per heavy atom. The van der Waals surface area contributed by atoms with Gasteiger partial charge in [0.05, 0.1) is 11.3 Å². The number of hydrogen-bond donors (Lipinski definition) is 2. The fraction of sp³-hybridized carbons (Fsp3) is 0.0909. The number of benzene rings is 1. The van der Waals surface area contributed by atoms with Crippen LogP contribution in [0.5, 0.6) is 0 Å². The van der Waals surface area contributed by atoms with Crippen molar-refractivity contribution in [2.75, 3.05) is 5.32 Å². The highest BCUT2D eigenvalue weighted by atomic mass is 16.4. The molecule has 1 aromatic carbocycles. The number of nitrogens with one attached hydrogen (secondary N) is 2. The number of H-pyrrole nitrogens is 1. The van der Waals surface area contributed by atoms with Gasteiger partial charge in [-0.25, -0.2) is 0 Å². The number of amides is 1. The number of anilines is 1. The van der Waals surface area contributed by atoms with Gasteiger partial charge in [0.1, 0.15) is 0 Å². The molecular formula is C11H9N7O2. The molecule has 20 heavy (non-hydrogen) atoms. The third kappa shape index (κ3) is 2.23. The van der Waals surface area contributed by atoms with Gasteiger partial charge in [-0.3, -0.25) is 4.79 Å². The molecule has 3 rings (SSSR count). The SMILES string of the molecule is Cc1nnc(-c2ccccc2NC(=O)c2nn[nH]n2)o1. The lowest BCUT2D eigenvalue weighted by molar-refractivity contribution is 0.101. The number of nitrogens with zero attached hydrogens (tertiary/aromatic N) is 5. The standard InChI is InChI=1S/C11H9N7O2/c1-6-13-16-11(20-6)7-4-2-3-5-8(7)12-10(19)9-14-17-18-15-9/h2-5H,1H3,(H,12,19)(H,14,15,17,18). The van der Waals surface area contributed by atoms with Crippen molar-refractivity contribution in [2.45, 2.75) is 6.92 Å². The predicted molar refractivity (Wildman–Crippen MR) is 66.6 cm³/mol. The summed E-state index contributed by atoms with van der Waals surface area (Å²) in [7, 11) is 0. The molecule has 0 aliphatic carbocycles.